The first-order chi connectivity index (χ1) is 11.4. The molecule has 0 atom stereocenters. The molecule has 1 N–H and O–H groups in total. The molecule has 0 saturated carbocycles. The van der Waals surface area contributed by atoms with E-state index in [9.17, 15) is 9.18 Å². The van der Waals surface area contributed by atoms with Gasteiger partial charge in [0.25, 0.3) is 0 Å². The van der Waals surface area contributed by atoms with Crippen LogP contribution in [-0.2, 0) is 16.1 Å². The van der Waals surface area contributed by atoms with E-state index in [1.165, 1.54) is 12.1 Å². The van der Waals surface area contributed by atoms with Crippen LogP contribution in [0.4, 0.5) is 4.39 Å². The maximum Gasteiger partial charge on any atom is 0.234 e. The molecule has 1 saturated heterocycles. The van der Waals surface area contributed by atoms with Crippen molar-refractivity contribution in [3.8, 4) is 0 Å². The zero-order valence-electron chi connectivity index (χ0n) is 14.8. The molecular formula is C18H28FN3O2. The second-order valence-corrected chi connectivity index (χ2v) is 6.81. The first kappa shape index (κ1) is 18.8. The van der Waals surface area contributed by atoms with Gasteiger partial charge in [0.2, 0.25) is 5.91 Å². The average Bonchev–Trinajstić information content (AvgIpc) is 2.56. The van der Waals surface area contributed by atoms with Crippen LogP contribution >= 0.6 is 0 Å². The Labute approximate surface area is 143 Å². The second kappa shape index (κ2) is 8.55. The van der Waals surface area contributed by atoms with Crippen molar-refractivity contribution < 1.29 is 13.9 Å². The number of likely N-dealkylation sites (N-methyl/N-ethyl adjacent to an activating group) is 2. The highest BCUT2D eigenvalue weighted by Gasteiger charge is 2.35. The largest absolute Gasteiger partial charge is 0.381 e. The van der Waals surface area contributed by atoms with Gasteiger partial charge in [0.05, 0.1) is 6.54 Å². The lowest BCUT2D eigenvalue weighted by Gasteiger charge is -2.43. The third kappa shape index (κ3) is 5.26. The number of rotatable bonds is 7. The fraction of sp³-hybridized carbons (Fsp3) is 0.611. The summed E-state index contributed by atoms with van der Waals surface area (Å²) in [6.45, 7) is 3.03. The summed E-state index contributed by atoms with van der Waals surface area (Å²) in [6, 6.07) is 6.37. The van der Waals surface area contributed by atoms with Crippen LogP contribution < -0.4 is 5.32 Å². The van der Waals surface area contributed by atoms with Gasteiger partial charge in [-0.15, -0.1) is 0 Å². The summed E-state index contributed by atoms with van der Waals surface area (Å²) in [5.74, 6) is -0.239. The quantitative estimate of drug-likeness (QED) is 0.819. The molecule has 0 aliphatic carbocycles. The van der Waals surface area contributed by atoms with Crippen molar-refractivity contribution in [3.05, 3.63) is 35.6 Å². The van der Waals surface area contributed by atoms with E-state index < -0.39 is 0 Å². The minimum absolute atomic E-state index is 0.00679. The van der Waals surface area contributed by atoms with Crippen LogP contribution in [0, 0.1) is 5.82 Å². The highest BCUT2D eigenvalue weighted by atomic mass is 19.1. The van der Waals surface area contributed by atoms with E-state index in [4.69, 9.17) is 4.74 Å². The lowest BCUT2D eigenvalue weighted by atomic mass is 9.88. The minimum atomic E-state index is -0.246. The predicted octanol–water partition coefficient (Wildman–Crippen LogP) is 1.48. The number of nitrogens with one attached hydrogen (secondary N) is 1. The van der Waals surface area contributed by atoms with E-state index >= 15 is 0 Å². The Morgan fingerprint density at radius 2 is 1.83 bits per heavy atom. The number of hydrogen-bond acceptors (Lipinski definition) is 4. The van der Waals surface area contributed by atoms with Gasteiger partial charge in [-0.25, -0.2) is 4.39 Å². The van der Waals surface area contributed by atoms with Gasteiger partial charge >= 0.3 is 0 Å². The van der Waals surface area contributed by atoms with Crippen molar-refractivity contribution in [1.82, 2.24) is 15.1 Å². The van der Waals surface area contributed by atoms with Crippen molar-refractivity contribution in [3.63, 3.8) is 0 Å². The normalized spacial score (nSPS) is 17.2. The van der Waals surface area contributed by atoms with Crippen molar-refractivity contribution >= 4 is 5.91 Å². The van der Waals surface area contributed by atoms with Gasteiger partial charge in [0.1, 0.15) is 5.82 Å². The predicted molar refractivity (Wildman–Crippen MR) is 92.2 cm³/mol. The van der Waals surface area contributed by atoms with Crippen LogP contribution in [0.15, 0.2) is 24.3 Å². The Bertz CT molecular complexity index is 528. The smallest absolute Gasteiger partial charge is 0.234 e. The molecule has 6 heteroatoms. The maximum atomic E-state index is 12.9. The average molecular weight is 337 g/mol. The van der Waals surface area contributed by atoms with E-state index in [1.54, 1.807) is 12.1 Å². The van der Waals surface area contributed by atoms with Crippen molar-refractivity contribution in [2.75, 3.05) is 47.4 Å². The van der Waals surface area contributed by atoms with E-state index in [0.29, 0.717) is 19.6 Å². The van der Waals surface area contributed by atoms with E-state index in [1.807, 2.05) is 11.9 Å². The summed E-state index contributed by atoms with van der Waals surface area (Å²) in [7, 11) is 6.00. The molecule has 0 unspecified atom stereocenters. The summed E-state index contributed by atoms with van der Waals surface area (Å²) in [5, 5.41) is 3.06. The Balaban J connectivity index is 1.80. The molecule has 1 aliphatic rings. The lowest BCUT2D eigenvalue weighted by molar-refractivity contribution is -0.123. The van der Waals surface area contributed by atoms with Crippen LogP contribution in [0.25, 0.3) is 0 Å². The van der Waals surface area contributed by atoms with Gasteiger partial charge in [0.15, 0.2) is 0 Å². The Morgan fingerprint density at radius 1 is 1.21 bits per heavy atom. The lowest BCUT2D eigenvalue weighted by Crippen LogP contribution is -2.56. The van der Waals surface area contributed by atoms with Crippen LogP contribution in [0.5, 0.6) is 0 Å². The molecule has 1 fully saturated rings. The number of ether oxygens (including phenoxy) is 1. The maximum absolute atomic E-state index is 12.9. The monoisotopic (exact) mass is 337 g/mol. The number of benzene rings is 1. The molecular weight excluding hydrogens is 309 g/mol. The third-order valence-electron chi connectivity index (χ3n) is 4.77. The first-order valence-corrected chi connectivity index (χ1v) is 8.36. The van der Waals surface area contributed by atoms with Crippen molar-refractivity contribution in [2.45, 2.75) is 24.9 Å². The number of amides is 1. The molecule has 1 aromatic carbocycles. The zero-order chi connectivity index (χ0) is 17.6. The highest BCUT2D eigenvalue weighted by Crippen LogP contribution is 2.25. The van der Waals surface area contributed by atoms with Crippen LogP contribution in [0.3, 0.4) is 0 Å². The molecule has 24 heavy (non-hydrogen) atoms. The summed E-state index contributed by atoms with van der Waals surface area (Å²) >= 11 is 0. The molecule has 0 spiro atoms. The molecule has 134 valence electrons. The molecule has 1 aliphatic heterocycles. The minimum Gasteiger partial charge on any atom is -0.381 e. The van der Waals surface area contributed by atoms with Crippen LogP contribution in [-0.4, -0.2) is 68.7 Å². The molecule has 1 heterocycles. The summed E-state index contributed by atoms with van der Waals surface area (Å²) in [5.41, 5.74) is 0.963. The Morgan fingerprint density at radius 3 is 2.42 bits per heavy atom. The molecule has 0 aromatic heterocycles. The fourth-order valence-electron chi connectivity index (χ4n) is 3.06. The zero-order valence-corrected chi connectivity index (χ0v) is 14.8. The fourth-order valence-corrected chi connectivity index (χ4v) is 3.06. The summed E-state index contributed by atoms with van der Waals surface area (Å²) < 4.78 is 18.4. The van der Waals surface area contributed by atoms with Gasteiger partial charge < -0.3 is 15.0 Å². The first-order valence-electron chi connectivity index (χ1n) is 8.36. The van der Waals surface area contributed by atoms with Crippen LogP contribution in [0.1, 0.15) is 18.4 Å². The number of nitrogens with zero attached hydrogens (tertiary/aromatic N) is 2. The SMILES string of the molecule is CN(CC(=O)NCC1(N(C)C)CCOCC1)Cc1ccc(F)cc1. The van der Waals surface area contributed by atoms with Crippen molar-refractivity contribution in [2.24, 2.45) is 0 Å². The number of carbonyl (C=O) groups is 1. The van der Waals surface area contributed by atoms with Crippen LogP contribution in [0.2, 0.25) is 0 Å². The number of halogens is 1. The standard InChI is InChI=1S/C18H28FN3O2/c1-21(2)18(8-10-24-11-9-18)14-20-17(23)13-22(3)12-15-4-6-16(19)7-5-15/h4-7H,8-14H2,1-3H3,(H,20,23). The topological polar surface area (TPSA) is 44.8 Å². The Hall–Kier alpha value is -1.50. The highest BCUT2D eigenvalue weighted by molar-refractivity contribution is 5.78. The molecule has 1 aromatic rings. The van der Waals surface area contributed by atoms with Crippen molar-refractivity contribution in [1.29, 1.82) is 0 Å². The van der Waals surface area contributed by atoms with Gasteiger partial charge in [-0.3, -0.25) is 9.69 Å². The summed E-state index contributed by atoms with van der Waals surface area (Å²) in [6.07, 6.45) is 1.84. The van der Waals surface area contributed by atoms with E-state index in [0.717, 1.165) is 31.6 Å². The molecule has 1 amide bonds. The molecule has 2 rings (SSSR count). The number of carbonyl (C=O) groups excluding carboxylic acids is 1. The second-order valence-electron chi connectivity index (χ2n) is 6.81. The van der Waals surface area contributed by atoms with Gasteiger partial charge in [-0.1, -0.05) is 12.1 Å². The summed E-state index contributed by atoms with van der Waals surface area (Å²) in [4.78, 5) is 16.4. The third-order valence-corrected chi connectivity index (χ3v) is 4.77. The Kier molecular flexibility index (Phi) is 6.71. The molecule has 0 bridgehead atoms. The molecule has 0 radical (unpaired) electrons. The molecule has 5 nitrogen and oxygen atoms in total. The van der Waals surface area contributed by atoms with Gasteiger partial charge in [-0.2, -0.15) is 0 Å². The van der Waals surface area contributed by atoms with Gasteiger partial charge in [-0.05, 0) is 51.7 Å². The van der Waals surface area contributed by atoms with Gasteiger partial charge in [0, 0.05) is 31.8 Å². The van der Waals surface area contributed by atoms with E-state index in [2.05, 4.69) is 24.3 Å². The number of hydrogen-bond donors (Lipinski definition) is 1. The van der Waals surface area contributed by atoms with E-state index in [-0.39, 0.29) is 17.3 Å².